The van der Waals surface area contributed by atoms with Gasteiger partial charge >= 0.3 is 5.69 Å². The summed E-state index contributed by atoms with van der Waals surface area (Å²) in [5.74, 6) is -1.56. The zero-order valence-electron chi connectivity index (χ0n) is 16.4. The maximum atomic E-state index is 14.7. The normalized spacial score (nSPS) is 12.4. The molecule has 0 aliphatic heterocycles. The van der Waals surface area contributed by atoms with E-state index in [2.05, 4.69) is 4.99 Å². The fourth-order valence-corrected chi connectivity index (χ4v) is 4.67. The molecule has 1 aromatic heterocycles. The highest BCUT2D eigenvalue weighted by molar-refractivity contribution is 7.90. The Morgan fingerprint density at radius 3 is 2.40 bits per heavy atom. The molecule has 0 unspecified atom stereocenters. The first-order valence-electron chi connectivity index (χ1n) is 8.78. The third-order valence-electron chi connectivity index (χ3n) is 4.59. The molecule has 0 aliphatic rings. The van der Waals surface area contributed by atoms with Crippen LogP contribution in [0.2, 0.25) is 5.02 Å². The highest BCUT2D eigenvalue weighted by Crippen LogP contribution is 2.24. The van der Waals surface area contributed by atoms with Crippen molar-refractivity contribution < 1.29 is 17.2 Å². The smallest absolute Gasteiger partial charge is 0.278 e. The molecule has 1 heterocycles. The van der Waals surface area contributed by atoms with Crippen molar-refractivity contribution in [2.45, 2.75) is 25.3 Å². The summed E-state index contributed by atoms with van der Waals surface area (Å²) in [5.41, 5.74) is -0.389. The lowest BCUT2D eigenvalue weighted by Gasteiger charge is -2.13. The molecule has 3 rings (SSSR count). The van der Waals surface area contributed by atoms with Gasteiger partial charge in [0, 0.05) is 17.6 Å². The number of benzene rings is 2. The Balaban J connectivity index is 2.16. The van der Waals surface area contributed by atoms with Crippen LogP contribution in [0.3, 0.4) is 0 Å². The van der Waals surface area contributed by atoms with Crippen molar-refractivity contribution in [1.29, 1.82) is 0 Å². The van der Waals surface area contributed by atoms with Gasteiger partial charge in [0.1, 0.15) is 5.82 Å². The molecule has 0 atom stereocenters. The van der Waals surface area contributed by atoms with Gasteiger partial charge in [0.25, 0.3) is 10.0 Å². The minimum Gasteiger partial charge on any atom is -0.278 e. The van der Waals surface area contributed by atoms with E-state index in [0.29, 0.717) is 26.3 Å². The summed E-state index contributed by atoms with van der Waals surface area (Å²) in [6.45, 7) is 2.93. The zero-order chi connectivity index (χ0) is 22.2. The van der Waals surface area contributed by atoms with Gasteiger partial charge in [-0.2, -0.15) is 3.97 Å². The molecule has 0 amide bonds. The van der Waals surface area contributed by atoms with E-state index in [1.807, 2.05) is 0 Å². The molecule has 6 nitrogen and oxygen atoms in total. The van der Waals surface area contributed by atoms with Crippen molar-refractivity contribution in [3.05, 3.63) is 91.9 Å². The maximum Gasteiger partial charge on any atom is 0.343 e. The summed E-state index contributed by atoms with van der Waals surface area (Å²) in [7, 11) is -3.20. The molecule has 10 heteroatoms. The van der Waals surface area contributed by atoms with Gasteiger partial charge < -0.3 is 0 Å². The summed E-state index contributed by atoms with van der Waals surface area (Å²) < 4.78 is 55.7. The monoisotopic (exact) mass is 453 g/mol. The molecule has 0 bridgehead atoms. The van der Waals surface area contributed by atoms with E-state index in [1.165, 1.54) is 44.3 Å². The van der Waals surface area contributed by atoms with Crippen LogP contribution in [0.5, 0.6) is 0 Å². The second kappa shape index (κ2) is 8.16. The lowest BCUT2D eigenvalue weighted by molar-refractivity contribution is 0.533. The van der Waals surface area contributed by atoms with Crippen LogP contribution < -0.4 is 11.2 Å². The minimum atomic E-state index is -4.39. The van der Waals surface area contributed by atoms with Gasteiger partial charge in [-0.1, -0.05) is 29.8 Å². The average molecular weight is 454 g/mol. The highest BCUT2D eigenvalue weighted by Gasteiger charge is 2.24. The summed E-state index contributed by atoms with van der Waals surface area (Å²) in [5, 5.41) is 0.373. The van der Waals surface area contributed by atoms with Crippen LogP contribution in [0, 0.1) is 25.5 Å². The number of nitrogens with zero attached hydrogens (tertiary/aromatic N) is 3. The third kappa shape index (κ3) is 3.95. The van der Waals surface area contributed by atoms with E-state index in [0.717, 1.165) is 4.57 Å². The predicted molar refractivity (Wildman–Crippen MR) is 109 cm³/mol. The van der Waals surface area contributed by atoms with E-state index >= 15 is 0 Å². The first-order chi connectivity index (χ1) is 14.0. The summed E-state index contributed by atoms with van der Waals surface area (Å²) in [6, 6.07) is 8.62. The van der Waals surface area contributed by atoms with Crippen LogP contribution in [0.4, 0.5) is 8.78 Å². The van der Waals surface area contributed by atoms with E-state index < -0.39 is 32.8 Å². The number of aryl methyl sites for hydroxylation is 2. The lowest BCUT2D eigenvalue weighted by Crippen LogP contribution is -2.42. The SMILES string of the molecule is Cc1cc(S(=O)(=O)n2cc(F)/c(=N\Cc3ccccc3F)n(C)c2=O)c(C)cc1Cl. The van der Waals surface area contributed by atoms with Gasteiger partial charge in [0.2, 0.25) is 0 Å². The molecule has 0 saturated heterocycles. The largest absolute Gasteiger partial charge is 0.343 e. The Bertz CT molecular complexity index is 1380. The molecule has 0 saturated carbocycles. The zero-order valence-corrected chi connectivity index (χ0v) is 17.9. The van der Waals surface area contributed by atoms with Gasteiger partial charge in [0.15, 0.2) is 11.3 Å². The van der Waals surface area contributed by atoms with Gasteiger partial charge in [-0.15, -0.1) is 0 Å². The quantitative estimate of drug-likeness (QED) is 0.609. The van der Waals surface area contributed by atoms with Gasteiger partial charge in [-0.05, 0) is 43.2 Å². The van der Waals surface area contributed by atoms with E-state index in [4.69, 9.17) is 11.6 Å². The molecule has 3 aromatic rings. The Morgan fingerprint density at radius 2 is 1.73 bits per heavy atom. The van der Waals surface area contributed by atoms with E-state index in [1.54, 1.807) is 13.0 Å². The van der Waals surface area contributed by atoms with Crippen LogP contribution >= 0.6 is 11.6 Å². The Morgan fingerprint density at radius 1 is 1.07 bits per heavy atom. The molecule has 2 aromatic carbocycles. The van der Waals surface area contributed by atoms with Crippen LogP contribution in [0.25, 0.3) is 0 Å². The fourth-order valence-electron chi connectivity index (χ4n) is 2.89. The Hall–Kier alpha value is -2.78. The van der Waals surface area contributed by atoms with E-state index in [-0.39, 0.29) is 17.0 Å². The summed E-state index contributed by atoms with van der Waals surface area (Å²) >= 11 is 6.01. The fraction of sp³-hybridized carbons (Fsp3) is 0.200. The predicted octanol–water partition coefficient (Wildman–Crippen LogP) is 3.07. The van der Waals surface area contributed by atoms with E-state index in [9.17, 15) is 22.0 Å². The molecular formula is C20H18ClF2N3O3S. The first kappa shape index (κ1) is 21.9. The number of hydrogen-bond donors (Lipinski definition) is 0. The van der Waals surface area contributed by atoms with Crippen molar-refractivity contribution in [3.8, 4) is 0 Å². The van der Waals surface area contributed by atoms with Gasteiger partial charge in [-0.25, -0.2) is 22.0 Å². The molecule has 0 aliphatic carbocycles. The van der Waals surface area contributed by atoms with Crippen LogP contribution in [-0.2, 0) is 23.6 Å². The third-order valence-corrected chi connectivity index (χ3v) is 6.77. The van der Waals surface area contributed by atoms with Crippen molar-refractivity contribution in [3.63, 3.8) is 0 Å². The van der Waals surface area contributed by atoms with Crippen molar-refractivity contribution >= 4 is 21.6 Å². The Labute approximate surface area is 176 Å². The Kier molecular flexibility index (Phi) is 5.96. The molecule has 0 fully saturated rings. The van der Waals surface area contributed by atoms with Gasteiger partial charge in [-0.3, -0.25) is 9.56 Å². The first-order valence-corrected chi connectivity index (χ1v) is 10.6. The lowest BCUT2D eigenvalue weighted by atomic mass is 10.2. The average Bonchev–Trinajstić information content (AvgIpc) is 2.68. The molecule has 0 N–H and O–H groups in total. The van der Waals surface area contributed by atoms with Crippen LogP contribution in [0.15, 0.2) is 57.3 Å². The molecule has 158 valence electrons. The topological polar surface area (TPSA) is 73.4 Å². The molecule has 0 spiro atoms. The van der Waals surface area contributed by atoms with Crippen molar-refractivity contribution in [2.75, 3.05) is 0 Å². The number of rotatable bonds is 4. The number of hydrogen-bond acceptors (Lipinski definition) is 4. The van der Waals surface area contributed by atoms with Crippen LogP contribution in [-0.4, -0.2) is 17.0 Å². The summed E-state index contributed by atoms with van der Waals surface area (Å²) in [4.78, 5) is 16.5. The molecular weight excluding hydrogens is 436 g/mol. The highest BCUT2D eigenvalue weighted by atomic mass is 35.5. The van der Waals surface area contributed by atoms with Gasteiger partial charge in [0.05, 0.1) is 17.6 Å². The molecule has 0 radical (unpaired) electrons. The number of halogens is 3. The van der Waals surface area contributed by atoms with Crippen molar-refractivity contribution in [1.82, 2.24) is 8.54 Å². The van der Waals surface area contributed by atoms with Crippen molar-refractivity contribution in [2.24, 2.45) is 12.0 Å². The molecule has 30 heavy (non-hydrogen) atoms. The second-order valence-corrected chi connectivity index (χ2v) is 8.91. The minimum absolute atomic E-state index is 0.165. The standard InChI is InChI=1S/C20H18ClF2N3O3S/c1-12-9-18(13(2)8-15(12)21)30(28,29)26-11-17(23)19(25(3)20(26)27)24-10-14-6-4-5-7-16(14)22/h4-9,11H,10H2,1-3H3/b24-19+. The maximum absolute atomic E-state index is 14.7. The van der Waals surface area contributed by atoms with Crippen LogP contribution in [0.1, 0.15) is 16.7 Å². The number of aromatic nitrogens is 2. The summed E-state index contributed by atoms with van der Waals surface area (Å²) in [6.07, 6.45) is 0.571. The second-order valence-electron chi connectivity index (χ2n) is 6.72.